The van der Waals surface area contributed by atoms with Crippen molar-refractivity contribution < 1.29 is 14.7 Å². The molecule has 0 radical (unpaired) electrons. The number of likely N-dealkylation sites (tertiary alicyclic amines) is 1. The molecule has 2 rings (SSSR count). The largest absolute Gasteiger partial charge is 0.391 e. The summed E-state index contributed by atoms with van der Waals surface area (Å²) in [4.78, 5) is 26.6. The van der Waals surface area contributed by atoms with Crippen LogP contribution < -0.4 is 11.1 Å². The quantitative estimate of drug-likeness (QED) is 0.695. The third kappa shape index (κ3) is 3.27. The molecule has 0 bridgehead atoms. The summed E-state index contributed by atoms with van der Waals surface area (Å²) in [6.45, 7) is 9.95. The lowest BCUT2D eigenvalue weighted by molar-refractivity contribution is -0.141. The molecule has 2 aliphatic rings. The average Bonchev–Trinajstić information content (AvgIpc) is 2.81. The van der Waals surface area contributed by atoms with Crippen LogP contribution in [-0.4, -0.2) is 52.1 Å². The molecule has 6 nitrogen and oxygen atoms in total. The van der Waals surface area contributed by atoms with Crippen molar-refractivity contribution >= 4 is 11.8 Å². The van der Waals surface area contributed by atoms with Crippen LogP contribution in [0.25, 0.3) is 0 Å². The van der Waals surface area contributed by atoms with Crippen molar-refractivity contribution in [3.8, 4) is 0 Å². The Morgan fingerprint density at radius 3 is 2.41 bits per heavy atom. The first-order valence-corrected chi connectivity index (χ1v) is 8.02. The molecule has 1 heterocycles. The molecular weight excluding hydrogens is 282 g/mol. The van der Waals surface area contributed by atoms with Gasteiger partial charge in [0.05, 0.1) is 12.1 Å². The van der Waals surface area contributed by atoms with Gasteiger partial charge in [0.15, 0.2) is 0 Å². The summed E-state index contributed by atoms with van der Waals surface area (Å²) in [5.74, 6) is -0.000169. The topological polar surface area (TPSA) is 95.7 Å². The van der Waals surface area contributed by atoms with Crippen LogP contribution in [0.4, 0.5) is 0 Å². The van der Waals surface area contributed by atoms with Gasteiger partial charge in [0, 0.05) is 18.5 Å². The molecule has 0 aromatic rings. The number of carbonyl (C=O) groups excluding carboxylic acids is 2. The summed E-state index contributed by atoms with van der Waals surface area (Å²) in [7, 11) is 0. The predicted octanol–water partition coefficient (Wildman–Crippen LogP) is 0.236. The maximum Gasteiger partial charge on any atom is 0.243 e. The second kappa shape index (κ2) is 5.49. The van der Waals surface area contributed by atoms with Crippen molar-refractivity contribution in [2.24, 2.45) is 17.1 Å². The SMILES string of the molecule is C[C@H]1CC1(C)NC(=O)[C@@H]1C[C@@H](O)CN1C(=O)[C@@H](N)C(C)(C)C. The molecule has 2 amide bonds. The van der Waals surface area contributed by atoms with Crippen molar-refractivity contribution in [1.82, 2.24) is 10.2 Å². The van der Waals surface area contributed by atoms with E-state index in [2.05, 4.69) is 12.2 Å². The van der Waals surface area contributed by atoms with Crippen LogP contribution in [0.3, 0.4) is 0 Å². The summed E-state index contributed by atoms with van der Waals surface area (Å²) in [6, 6.07) is -1.32. The van der Waals surface area contributed by atoms with Crippen LogP contribution in [0, 0.1) is 11.3 Å². The highest BCUT2D eigenvalue weighted by atomic mass is 16.3. The number of rotatable bonds is 3. The Bertz CT molecular complexity index is 474. The summed E-state index contributed by atoms with van der Waals surface area (Å²) in [5, 5.41) is 12.9. The fourth-order valence-corrected chi connectivity index (χ4v) is 2.97. The van der Waals surface area contributed by atoms with E-state index in [1.807, 2.05) is 27.7 Å². The van der Waals surface area contributed by atoms with Gasteiger partial charge in [-0.1, -0.05) is 27.7 Å². The Morgan fingerprint density at radius 1 is 1.41 bits per heavy atom. The minimum absolute atomic E-state index is 0.174. The molecule has 0 aromatic heterocycles. The number of carbonyl (C=O) groups is 2. The van der Waals surface area contributed by atoms with Crippen molar-refractivity contribution in [3.63, 3.8) is 0 Å². The number of hydrogen-bond donors (Lipinski definition) is 3. The van der Waals surface area contributed by atoms with E-state index in [0.29, 0.717) is 5.92 Å². The molecule has 1 saturated carbocycles. The first-order chi connectivity index (χ1) is 9.95. The number of β-amino-alcohol motifs (C(OH)–C–C–N with tert-alkyl or cyclic N) is 1. The minimum Gasteiger partial charge on any atom is -0.391 e. The molecule has 5 atom stereocenters. The Labute approximate surface area is 132 Å². The zero-order chi connectivity index (χ0) is 16.9. The van der Waals surface area contributed by atoms with Crippen LogP contribution in [-0.2, 0) is 9.59 Å². The lowest BCUT2D eigenvalue weighted by atomic mass is 9.86. The van der Waals surface area contributed by atoms with Crippen molar-refractivity contribution in [3.05, 3.63) is 0 Å². The minimum atomic E-state index is -0.691. The number of nitrogens with two attached hydrogens (primary N) is 1. The first-order valence-electron chi connectivity index (χ1n) is 8.02. The Hall–Kier alpha value is -1.14. The molecule has 0 aromatic carbocycles. The third-order valence-corrected chi connectivity index (χ3v) is 5.13. The molecule has 6 heteroatoms. The standard InChI is InChI=1S/C16H29N3O3/c1-9-7-16(9,5)18-13(21)11-6-10(20)8-19(11)14(22)12(17)15(2,3)4/h9-12,20H,6-8,17H2,1-5H3,(H,18,21)/t9-,10+,11-,12+,16?/m0/s1. The fraction of sp³-hybridized carbons (Fsp3) is 0.875. The van der Waals surface area contributed by atoms with E-state index >= 15 is 0 Å². The zero-order valence-electron chi connectivity index (χ0n) is 14.2. The second-order valence-electron chi connectivity index (χ2n) is 8.25. The molecule has 1 unspecified atom stereocenters. The number of aliphatic hydroxyl groups is 1. The van der Waals surface area contributed by atoms with Gasteiger partial charge >= 0.3 is 0 Å². The van der Waals surface area contributed by atoms with E-state index in [4.69, 9.17) is 5.73 Å². The highest BCUT2D eigenvalue weighted by molar-refractivity contribution is 5.91. The normalized spacial score (nSPS) is 36.1. The first kappa shape index (κ1) is 17.2. The third-order valence-electron chi connectivity index (χ3n) is 5.13. The van der Waals surface area contributed by atoms with Gasteiger partial charge in [-0.05, 0) is 24.7 Å². The summed E-state index contributed by atoms with van der Waals surface area (Å²) in [5.41, 5.74) is 5.48. The van der Waals surface area contributed by atoms with Gasteiger partial charge in [-0.25, -0.2) is 0 Å². The van der Waals surface area contributed by atoms with Gasteiger partial charge in [-0.15, -0.1) is 0 Å². The number of aliphatic hydroxyl groups excluding tert-OH is 1. The van der Waals surface area contributed by atoms with Crippen LogP contribution in [0.2, 0.25) is 0 Å². The predicted molar refractivity (Wildman–Crippen MR) is 83.9 cm³/mol. The van der Waals surface area contributed by atoms with Crippen molar-refractivity contribution in [2.45, 2.75) is 71.2 Å². The Kier molecular flexibility index (Phi) is 4.30. The van der Waals surface area contributed by atoms with Crippen molar-refractivity contribution in [1.29, 1.82) is 0 Å². The molecule has 0 spiro atoms. The highest BCUT2D eigenvalue weighted by Crippen LogP contribution is 2.42. The maximum atomic E-state index is 12.6. The number of hydrogen-bond acceptors (Lipinski definition) is 4. The lowest BCUT2D eigenvalue weighted by Gasteiger charge is -2.32. The van der Waals surface area contributed by atoms with Gasteiger partial charge in [0.2, 0.25) is 11.8 Å². The summed E-state index contributed by atoms with van der Waals surface area (Å²) in [6.07, 6.45) is 0.554. The fourth-order valence-electron chi connectivity index (χ4n) is 2.97. The van der Waals surface area contributed by atoms with Gasteiger partial charge in [-0.3, -0.25) is 9.59 Å². The number of nitrogens with zero attached hydrogens (tertiary/aromatic N) is 1. The molecule has 2 fully saturated rings. The molecule has 22 heavy (non-hydrogen) atoms. The van der Waals surface area contributed by atoms with Crippen molar-refractivity contribution in [2.75, 3.05) is 6.54 Å². The molecule has 1 aliphatic heterocycles. The van der Waals surface area contributed by atoms with E-state index in [0.717, 1.165) is 6.42 Å². The molecular formula is C16H29N3O3. The van der Waals surface area contributed by atoms with E-state index in [-0.39, 0.29) is 35.7 Å². The lowest BCUT2D eigenvalue weighted by Crippen LogP contribution is -2.56. The molecule has 4 N–H and O–H groups in total. The Morgan fingerprint density at radius 2 is 1.95 bits per heavy atom. The maximum absolute atomic E-state index is 12.6. The van der Waals surface area contributed by atoms with E-state index in [1.54, 1.807) is 0 Å². The molecule has 1 saturated heterocycles. The van der Waals surface area contributed by atoms with Crippen LogP contribution in [0.1, 0.15) is 47.5 Å². The van der Waals surface area contributed by atoms with Gasteiger partial charge in [0.1, 0.15) is 6.04 Å². The van der Waals surface area contributed by atoms with Crippen LogP contribution in [0.5, 0.6) is 0 Å². The van der Waals surface area contributed by atoms with E-state index < -0.39 is 18.2 Å². The summed E-state index contributed by atoms with van der Waals surface area (Å²) < 4.78 is 0. The monoisotopic (exact) mass is 311 g/mol. The van der Waals surface area contributed by atoms with Gasteiger partial charge in [-0.2, -0.15) is 0 Å². The number of nitrogens with one attached hydrogen (secondary N) is 1. The zero-order valence-corrected chi connectivity index (χ0v) is 14.2. The smallest absolute Gasteiger partial charge is 0.243 e. The Balaban J connectivity index is 2.09. The van der Waals surface area contributed by atoms with Gasteiger partial charge in [0.25, 0.3) is 0 Å². The van der Waals surface area contributed by atoms with E-state index in [1.165, 1.54) is 4.90 Å². The number of amides is 2. The van der Waals surface area contributed by atoms with Gasteiger partial charge < -0.3 is 21.1 Å². The van der Waals surface area contributed by atoms with Crippen LogP contribution >= 0.6 is 0 Å². The second-order valence-corrected chi connectivity index (χ2v) is 8.25. The van der Waals surface area contributed by atoms with Crippen LogP contribution in [0.15, 0.2) is 0 Å². The average molecular weight is 311 g/mol. The highest BCUT2D eigenvalue weighted by Gasteiger charge is 2.50. The van der Waals surface area contributed by atoms with E-state index in [9.17, 15) is 14.7 Å². The molecule has 1 aliphatic carbocycles. The summed E-state index contributed by atoms with van der Waals surface area (Å²) >= 11 is 0. The molecule has 126 valence electrons.